The van der Waals surface area contributed by atoms with Gasteiger partial charge in [-0.25, -0.2) is 17.8 Å². The van der Waals surface area contributed by atoms with Gasteiger partial charge in [-0.15, -0.1) is 5.10 Å². The summed E-state index contributed by atoms with van der Waals surface area (Å²) in [6, 6.07) is -1.57. The molecule has 2 amide bonds. The number of nitrogens with zero attached hydrogens (tertiary/aromatic N) is 4. The average molecular weight is 471 g/mol. The summed E-state index contributed by atoms with van der Waals surface area (Å²) in [5, 5.41) is 20.6. The Balaban J connectivity index is 1.90. The van der Waals surface area contributed by atoms with Crippen molar-refractivity contribution < 1.29 is 23.1 Å². The number of aliphatic hydroxyl groups excluding tert-OH is 1. The molecule has 1 saturated carbocycles. The number of hydrogen-bond donors (Lipinski definition) is 3. The lowest BCUT2D eigenvalue weighted by molar-refractivity contribution is -0.144. The van der Waals surface area contributed by atoms with Crippen LogP contribution in [0.5, 0.6) is 0 Å². The maximum absolute atomic E-state index is 13.6. The first kappa shape index (κ1) is 24.6. The molecule has 12 heteroatoms. The van der Waals surface area contributed by atoms with Gasteiger partial charge in [-0.2, -0.15) is 0 Å². The average Bonchev–Trinajstić information content (AvgIpc) is 3.30. The van der Waals surface area contributed by atoms with Crippen LogP contribution in [0.3, 0.4) is 0 Å². The van der Waals surface area contributed by atoms with Crippen LogP contribution in [-0.4, -0.2) is 76.2 Å². The summed E-state index contributed by atoms with van der Waals surface area (Å²) < 4.78 is 29.0. The first-order chi connectivity index (χ1) is 14.7. The number of carbonyl (C=O) groups excluding carboxylic acids is 2. The van der Waals surface area contributed by atoms with E-state index in [-0.39, 0.29) is 30.0 Å². The van der Waals surface area contributed by atoms with Gasteiger partial charge in [-0.3, -0.25) is 9.59 Å². The topological polar surface area (TPSA) is 147 Å². The van der Waals surface area contributed by atoms with Crippen molar-refractivity contribution in [2.24, 2.45) is 5.41 Å². The molecule has 2 heterocycles. The van der Waals surface area contributed by atoms with E-state index in [0.717, 1.165) is 0 Å². The lowest BCUT2D eigenvalue weighted by atomic mass is 9.85. The molecule has 1 aromatic heterocycles. The molecule has 2 fully saturated rings. The van der Waals surface area contributed by atoms with E-state index in [1.807, 2.05) is 20.8 Å². The number of aliphatic hydroxyl groups is 1. The van der Waals surface area contributed by atoms with Crippen molar-refractivity contribution in [1.29, 1.82) is 0 Å². The zero-order valence-corrected chi connectivity index (χ0v) is 20.3. The minimum absolute atomic E-state index is 0.0533. The molecule has 3 atom stereocenters. The van der Waals surface area contributed by atoms with Gasteiger partial charge in [0.25, 0.3) is 0 Å². The molecule has 0 radical (unpaired) electrons. The Bertz CT molecular complexity index is 979. The molecule has 1 aliphatic heterocycles. The molecule has 11 nitrogen and oxygen atoms in total. The molecule has 1 aromatic rings. The summed E-state index contributed by atoms with van der Waals surface area (Å²) in [4.78, 5) is 27.3. The number of β-amino-alcohol motifs (C(OH)–C–C–N with tert-alkyl or cyclic N) is 1. The molecule has 180 valence electrons. The number of amides is 2. The molecule has 2 aliphatic rings. The maximum atomic E-state index is 13.6. The van der Waals surface area contributed by atoms with Crippen molar-refractivity contribution in [3.8, 4) is 0 Å². The number of sulfonamides is 1. The molecule has 0 bridgehead atoms. The Labute approximate surface area is 189 Å². The Morgan fingerprint density at radius 3 is 2.38 bits per heavy atom. The van der Waals surface area contributed by atoms with Gasteiger partial charge in [0.15, 0.2) is 0 Å². The van der Waals surface area contributed by atoms with E-state index >= 15 is 0 Å². The van der Waals surface area contributed by atoms with Crippen LogP contribution in [0.2, 0.25) is 0 Å². The van der Waals surface area contributed by atoms with Gasteiger partial charge < -0.3 is 15.3 Å². The summed E-state index contributed by atoms with van der Waals surface area (Å²) in [5.74, 6) is -0.687. The van der Waals surface area contributed by atoms with Crippen molar-refractivity contribution in [1.82, 2.24) is 29.9 Å². The Morgan fingerprint density at radius 2 is 1.84 bits per heavy atom. The fraction of sp³-hybridized carbons (Fsp3) is 0.800. The van der Waals surface area contributed by atoms with E-state index in [9.17, 15) is 23.1 Å². The zero-order valence-electron chi connectivity index (χ0n) is 19.5. The fourth-order valence-corrected chi connectivity index (χ4v) is 5.81. The van der Waals surface area contributed by atoms with E-state index in [1.165, 1.54) is 16.6 Å². The fourth-order valence-electron chi connectivity index (χ4n) is 4.07. The monoisotopic (exact) mass is 470 g/mol. The van der Waals surface area contributed by atoms with Crippen molar-refractivity contribution >= 4 is 21.8 Å². The van der Waals surface area contributed by atoms with E-state index < -0.39 is 39.2 Å². The van der Waals surface area contributed by atoms with Gasteiger partial charge in [0, 0.05) is 20.0 Å². The Kier molecular flexibility index (Phi) is 6.44. The van der Waals surface area contributed by atoms with Crippen molar-refractivity contribution in [3.63, 3.8) is 0 Å². The standard InChI is InChI=1S/C20H34N6O5S/c1-19(2,3)16(18(29)25-10-12(27)9-14(25)17(28)21-6)26-11-15(22-24-26)20(4,5)23-32(30,31)13-7-8-13/h11-14,16,23,27H,7-10H2,1-6H3,(H,21,28)/t12-,14+,16-/m1/s1. The predicted molar refractivity (Wildman–Crippen MR) is 117 cm³/mol. The Morgan fingerprint density at radius 1 is 1.22 bits per heavy atom. The van der Waals surface area contributed by atoms with E-state index in [0.29, 0.717) is 18.5 Å². The number of likely N-dealkylation sites (N-methyl/N-ethyl adjacent to an activating group) is 1. The van der Waals surface area contributed by atoms with Crippen LogP contribution in [0.25, 0.3) is 0 Å². The van der Waals surface area contributed by atoms with Crippen LogP contribution in [0.1, 0.15) is 65.6 Å². The molecule has 0 spiro atoms. The third-order valence-corrected chi connectivity index (χ3v) is 8.09. The van der Waals surface area contributed by atoms with Gasteiger partial charge in [0.05, 0.1) is 23.1 Å². The lowest BCUT2D eigenvalue weighted by Crippen LogP contribution is -2.49. The highest BCUT2D eigenvalue weighted by molar-refractivity contribution is 7.90. The maximum Gasteiger partial charge on any atom is 0.248 e. The number of nitrogens with one attached hydrogen (secondary N) is 2. The largest absolute Gasteiger partial charge is 0.391 e. The Hall–Kier alpha value is -2.05. The highest BCUT2D eigenvalue weighted by Gasteiger charge is 2.46. The number of hydrogen-bond acceptors (Lipinski definition) is 7. The molecule has 0 aromatic carbocycles. The van der Waals surface area contributed by atoms with Crippen LogP contribution in [0.15, 0.2) is 6.20 Å². The highest BCUT2D eigenvalue weighted by atomic mass is 32.2. The van der Waals surface area contributed by atoms with Crippen molar-refractivity contribution in [3.05, 3.63) is 11.9 Å². The smallest absolute Gasteiger partial charge is 0.248 e. The van der Waals surface area contributed by atoms with Crippen LogP contribution in [-0.2, 0) is 25.2 Å². The second-order valence-corrected chi connectivity index (χ2v) is 12.3. The van der Waals surface area contributed by atoms with Gasteiger partial charge in [0.2, 0.25) is 21.8 Å². The number of likely N-dealkylation sites (tertiary alicyclic amines) is 1. The third-order valence-electron chi connectivity index (χ3n) is 5.94. The van der Waals surface area contributed by atoms with E-state index in [1.54, 1.807) is 20.0 Å². The quantitative estimate of drug-likeness (QED) is 0.504. The van der Waals surface area contributed by atoms with Crippen LogP contribution >= 0.6 is 0 Å². The van der Waals surface area contributed by atoms with Gasteiger partial charge in [-0.1, -0.05) is 26.0 Å². The number of aromatic nitrogens is 3. The molecule has 1 aliphatic carbocycles. The minimum Gasteiger partial charge on any atom is -0.391 e. The molecular weight excluding hydrogens is 436 g/mol. The zero-order chi connectivity index (χ0) is 24.1. The predicted octanol–water partition coefficient (Wildman–Crippen LogP) is -0.110. The normalized spacial score (nSPS) is 23.3. The van der Waals surface area contributed by atoms with Crippen LogP contribution < -0.4 is 10.0 Å². The molecule has 1 saturated heterocycles. The van der Waals surface area contributed by atoms with Crippen molar-refractivity contribution in [2.45, 2.75) is 82.9 Å². The minimum atomic E-state index is -3.46. The van der Waals surface area contributed by atoms with E-state index in [2.05, 4.69) is 20.4 Å². The molecule has 3 rings (SSSR count). The number of carbonyl (C=O) groups is 2. The molecule has 3 N–H and O–H groups in total. The van der Waals surface area contributed by atoms with E-state index in [4.69, 9.17) is 0 Å². The summed E-state index contributed by atoms with van der Waals surface area (Å²) in [7, 11) is -1.97. The van der Waals surface area contributed by atoms with Crippen LogP contribution in [0, 0.1) is 5.41 Å². The van der Waals surface area contributed by atoms with Crippen molar-refractivity contribution in [2.75, 3.05) is 13.6 Å². The van der Waals surface area contributed by atoms with Gasteiger partial charge in [-0.05, 0) is 32.1 Å². The summed E-state index contributed by atoms with van der Waals surface area (Å²) >= 11 is 0. The lowest BCUT2D eigenvalue weighted by Gasteiger charge is -2.34. The second kappa shape index (κ2) is 8.38. The highest BCUT2D eigenvalue weighted by Crippen LogP contribution is 2.35. The first-order valence-electron chi connectivity index (χ1n) is 10.8. The summed E-state index contributed by atoms with van der Waals surface area (Å²) in [5.41, 5.74) is -1.23. The summed E-state index contributed by atoms with van der Waals surface area (Å²) in [6.07, 6.45) is 2.24. The third kappa shape index (κ3) is 4.96. The summed E-state index contributed by atoms with van der Waals surface area (Å²) in [6.45, 7) is 9.08. The first-order valence-corrected chi connectivity index (χ1v) is 12.4. The molecule has 0 unspecified atom stereocenters. The van der Waals surface area contributed by atoms with Crippen LogP contribution in [0.4, 0.5) is 0 Å². The van der Waals surface area contributed by atoms with Gasteiger partial charge in [0.1, 0.15) is 17.8 Å². The SMILES string of the molecule is CNC(=O)[C@@H]1C[C@@H](O)CN1C(=O)[C@@H](n1cc(C(C)(C)NS(=O)(=O)C2CC2)nn1)C(C)(C)C. The molecular formula is C20H34N6O5S. The second-order valence-electron chi connectivity index (χ2n) is 10.3. The number of rotatable bonds is 7. The van der Waals surface area contributed by atoms with Gasteiger partial charge >= 0.3 is 0 Å². The molecule has 32 heavy (non-hydrogen) atoms.